The highest BCUT2D eigenvalue weighted by Gasteiger charge is 2.10. The predicted molar refractivity (Wildman–Crippen MR) is 70.0 cm³/mol. The summed E-state index contributed by atoms with van der Waals surface area (Å²) < 4.78 is 5.11. The minimum absolute atomic E-state index is 0.0516. The number of carbonyl (C=O) groups is 1. The van der Waals surface area contributed by atoms with Crippen molar-refractivity contribution in [1.82, 2.24) is 4.98 Å². The van der Waals surface area contributed by atoms with Crippen molar-refractivity contribution in [3.8, 4) is 5.75 Å². The van der Waals surface area contributed by atoms with Crippen LogP contribution in [0.25, 0.3) is 0 Å². The standard InChI is InChI=1S/C15H15NO2/c1-11-5-4-8-16-14(11)10-15(17)12-6-3-7-13(9-12)18-2/h3-9H,10H2,1-2H3. The molecule has 0 spiro atoms. The van der Waals surface area contributed by atoms with Gasteiger partial charge in [0.1, 0.15) is 5.75 Å². The quantitative estimate of drug-likeness (QED) is 0.773. The summed E-state index contributed by atoms with van der Waals surface area (Å²) in [6.07, 6.45) is 2.03. The molecule has 0 N–H and O–H groups in total. The summed E-state index contributed by atoms with van der Waals surface area (Å²) >= 11 is 0. The first-order chi connectivity index (χ1) is 8.70. The lowest BCUT2D eigenvalue weighted by Crippen LogP contribution is -2.06. The molecule has 3 nitrogen and oxygen atoms in total. The zero-order valence-corrected chi connectivity index (χ0v) is 10.5. The molecule has 0 saturated carbocycles. The fraction of sp³-hybridized carbons (Fsp3) is 0.200. The molecule has 0 radical (unpaired) electrons. The summed E-state index contributed by atoms with van der Waals surface area (Å²) in [7, 11) is 1.59. The van der Waals surface area contributed by atoms with Gasteiger partial charge in [0.05, 0.1) is 19.2 Å². The number of rotatable bonds is 4. The zero-order valence-electron chi connectivity index (χ0n) is 10.5. The van der Waals surface area contributed by atoms with Crippen molar-refractivity contribution in [3.63, 3.8) is 0 Å². The van der Waals surface area contributed by atoms with Gasteiger partial charge in [0.25, 0.3) is 0 Å². The van der Waals surface area contributed by atoms with Crippen molar-refractivity contribution in [1.29, 1.82) is 0 Å². The maximum atomic E-state index is 12.1. The van der Waals surface area contributed by atoms with Crippen molar-refractivity contribution < 1.29 is 9.53 Å². The minimum Gasteiger partial charge on any atom is -0.497 e. The molecule has 0 saturated heterocycles. The fourth-order valence-electron chi connectivity index (χ4n) is 1.75. The molecule has 0 amide bonds. The molecule has 0 atom stereocenters. The Hall–Kier alpha value is -2.16. The van der Waals surface area contributed by atoms with E-state index in [-0.39, 0.29) is 5.78 Å². The highest BCUT2D eigenvalue weighted by molar-refractivity contribution is 5.97. The number of ketones is 1. The Bertz CT molecular complexity index is 564. The SMILES string of the molecule is COc1cccc(C(=O)Cc2ncccc2C)c1. The van der Waals surface area contributed by atoms with E-state index in [1.807, 2.05) is 31.2 Å². The summed E-state index contributed by atoms with van der Waals surface area (Å²) in [6, 6.07) is 11.0. The van der Waals surface area contributed by atoms with Gasteiger partial charge in [0, 0.05) is 11.8 Å². The molecular weight excluding hydrogens is 226 g/mol. The monoisotopic (exact) mass is 241 g/mol. The van der Waals surface area contributed by atoms with Crippen LogP contribution in [-0.4, -0.2) is 17.9 Å². The molecule has 0 fully saturated rings. The summed E-state index contributed by atoms with van der Waals surface area (Å²) in [4.78, 5) is 16.4. The van der Waals surface area contributed by atoms with Crippen LogP contribution in [0.1, 0.15) is 21.6 Å². The van der Waals surface area contributed by atoms with E-state index in [4.69, 9.17) is 4.74 Å². The highest BCUT2D eigenvalue weighted by Crippen LogP contribution is 2.15. The van der Waals surface area contributed by atoms with Crippen LogP contribution in [0.5, 0.6) is 5.75 Å². The van der Waals surface area contributed by atoms with Crippen LogP contribution in [0.3, 0.4) is 0 Å². The van der Waals surface area contributed by atoms with Crippen molar-refractivity contribution in [3.05, 3.63) is 59.4 Å². The lowest BCUT2D eigenvalue weighted by atomic mass is 10.0. The number of carbonyl (C=O) groups excluding carboxylic acids is 1. The number of aromatic nitrogens is 1. The lowest BCUT2D eigenvalue weighted by molar-refractivity contribution is 0.0991. The topological polar surface area (TPSA) is 39.2 Å². The number of ether oxygens (including phenoxy) is 1. The van der Waals surface area contributed by atoms with E-state index >= 15 is 0 Å². The van der Waals surface area contributed by atoms with Gasteiger partial charge in [-0.1, -0.05) is 18.2 Å². The molecule has 92 valence electrons. The van der Waals surface area contributed by atoms with Gasteiger partial charge in [-0.3, -0.25) is 9.78 Å². The molecule has 3 heteroatoms. The number of Topliss-reactive ketones (excluding diaryl/α,β-unsaturated/α-hetero) is 1. The van der Waals surface area contributed by atoms with E-state index in [0.29, 0.717) is 17.7 Å². The Balaban J connectivity index is 2.19. The van der Waals surface area contributed by atoms with Gasteiger partial charge in [0.2, 0.25) is 0 Å². The molecule has 0 aliphatic heterocycles. The molecule has 0 bridgehead atoms. The molecule has 1 aromatic heterocycles. The van der Waals surface area contributed by atoms with Gasteiger partial charge in [-0.25, -0.2) is 0 Å². The molecular formula is C15H15NO2. The van der Waals surface area contributed by atoms with E-state index < -0.39 is 0 Å². The van der Waals surface area contributed by atoms with Crippen molar-refractivity contribution in [2.75, 3.05) is 7.11 Å². The highest BCUT2D eigenvalue weighted by atomic mass is 16.5. The van der Waals surface area contributed by atoms with E-state index in [9.17, 15) is 4.79 Å². The second kappa shape index (κ2) is 5.45. The number of methoxy groups -OCH3 is 1. The van der Waals surface area contributed by atoms with Crippen LogP contribution in [0.15, 0.2) is 42.6 Å². The predicted octanol–water partition coefficient (Wildman–Crippen LogP) is 2.82. The smallest absolute Gasteiger partial charge is 0.168 e. The zero-order chi connectivity index (χ0) is 13.0. The normalized spacial score (nSPS) is 10.1. The minimum atomic E-state index is 0.0516. The largest absolute Gasteiger partial charge is 0.497 e. The fourth-order valence-corrected chi connectivity index (χ4v) is 1.75. The lowest BCUT2D eigenvalue weighted by Gasteiger charge is -2.05. The third kappa shape index (κ3) is 2.74. The first-order valence-electron chi connectivity index (χ1n) is 5.78. The second-order valence-corrected chi connectivity index (χ2v) is 4.10. The van der Waals surface area contributed by atoms with Gasteiger partial charge < -0.3 is 4.74 Å². The summed E-state index contributed by atoms with van der Waals surface area (Å²) in [5.41, 5.74) is 2.51. The maximum Gasteiger partial charge on any atom is 0.168 e. The number of aryl methyl sites for hydroxylation is 1. The number of benzene rings is 1. The summed E-state index contributed by atoms with van der Waals surface area (Å²) in [6.45, 7) is 1.96. The third-order valence-electron chi connectivity index (χ3n) is 2.84. The van der Waals surface area contributed by atoms with Gasteiger partial charge in [-0.05, 0) is 30.7 Å². The van der Waals surface area contributed by atoms with E-state index in [1.165, 1.54) is 0 Å². The summed E-state index contributed by atoms with van der Waals surface area (Å²) in [5, 5.41) is 0. The van der Waals surface area contributed by atoms with Crippen LogP contribution in [0, 0.1) is 6.92 Å². The Morgan fingerprint density at radius 2 is 2.11 bits per heavy atom. The first kappa shape index (κ1) is 12.3. The molecule has 2 aromatic rings. The van der Waals surface area contributed by atoms with Crippen molar-refractivity contribution in [2.24, 2.45) is 0 Å². The van der Waals surface area contributed by atoms with Gasteiger partial charge in [-0.2, -0.15) is 0 Å². The average molecular weight is 241 g/mol. The van der Waals surface area contributed by atoms with Crippen LogP contribution in [0.2, 0.25) is 0 Å². The Kier molecular flexibility index (Phi) is 3.72. The molecule has 1 aromatic carbocycles. The van der Waals surface area contributed by atoms with Crippen LogP contribution in [0.4, 0.5) is 0 Å². The average Bonchev–Trinajstić information content (AvgIpc) is 2.41. The van der Waals surface area contributed by atoms with Crippen molar-refractivity contribution >= 4 is 5.78 Å². The van der Waals surface area contributed by atoms with E-state index in [2.05, 4.69) is 4.98 Å². The number of hydrogen-bond donors (Lipinski definition) is 0. The maximum absolute atomic E-state index is 12.1. The molecule has 18 heavy (non-hydrogen) atoms. The Morgan fingerprint density at radius 1 is 1.28 bits per heavy atom. The molecule has 0 aliphatic carbocycles. The van der Waals surface area contributed by atoms with Crippen LogP contribution >= 0.6 is 0 Å². The van der Waals surface area contributed by atoms with Gasteiger partial charge in [-0.15, -0.1) is 0 Å². The Morgan fingerprint density at radius 3 is 2.83 bits per heavy atom. The Labute approximate surface area is 106 Å². The van der Waals surface area contributed by atoms with E-state index in [0.717, 1.165) is 11.3 Å². The number of pyridine rings is 1. The van der Waals surface area contributed by atoms with Crippen LogP contribution < -0.4 is 4.74 Å². The molecule has 1 heterocycles. The third-order valence-corrected chi connectivity index (χ3v) is 2.84. The molecule has 0 aliphatic rings. The summed E-state index contributed by atoms with van der Waals surface area (Å²) in [5.74, 6) is 0.745. The van der Waals surface area contributed by atoms with Gasteiger partial charge in [0.15, 0.2) is 5.78 Å². The number of hydrogen-bond acceptors (Lipinski definition) is 3. The second-order valence-electron chi connectivity index (χ2n) is 4.10. The van der Waals surface area contributed by atoms with Gasteiger partial charge >= 0.3 is 0 Å². The van der Waals surface area contributed by atoms with Crippen LogP contribution in [-0.2, 0) is 6.42 Å². The van der Waals surface area contributed by atoms with E-state index in [1.54, 1.807) is 25.4 Å². The number of nitrogens with zero attached hydrogens (tertiary/aromatic N) is 1. The molecule has 0 unspecified atom stereocenters. The first-order valence-corrected chi connectivity index (χ1v) is 5.78. The van der Waals surface area contributed by atoms with Crippen molar-refractivity contribution in [2.45, 2.75) is 13.3 Å². The molecule has 2 rings (SSSR count).